The topological polar surface area (TPSA) is 70.0 Å². The van der Waals surface area contributed by atoms with E-state index in [4.69, 9.17) is 14.2 Å². The van der Waals surface area contributed by atoms with E-state index in [0.29, 0.717) is 25.0 Å². The Balaban J connectivity index is 0.00000423. The molecule has 0 unspecified atom stereocenters. The molecule has 43 heavy (non-hydrogen) atoms. The Morgan fingerprint density at radius 3 is 2.28 bits per heavy atom. The molecule has 0 aliphatic heterocycles. The van der Waals surface area contributed by atoms with Crippen LogP contribution in [0.5, 0.6) is 11.5 Å². The van der Waals surface area contributed by atoms with Gasteiger partial charge in [0.15, 0.2) is 0 Å². The smallest absolute Gasteiger partial charge is 0.343 e. The van der Waals surface area contributed by atoms with E-state index in [-0.39, 0.29) is 30.0 Å². The maximum Gasteiger partial charge on any atom is 0.343 e. The van der Waals surface area contributed by atoms with Crippen molar-refractivity contribution in [1.29, 1.82) is 0 Å². The highest BCUT2D eigenvalue weighted by Gasteiger charge is 2.25. The number of para-hydroxylation sites is 1. The number of pyridine rings is 1. The van der Waals surface area contributed by atoms with E-state index in [1.54, 1.807) is 38.7 Å². The molecular formula is C34H35ClN2O5S. The highest BCUT2D eigenvalue weighted by atomic mass is 35.5. The molecule has 0 aliphatic carbocycles. The van der Waals surface area contributed by atoms with Crippen molar-refractivity contribution in [1.82, 2.24) is 9.47 Å². The maximum atomic E-state index is 14.1. The van der Waals surface area contributed by atoms with Crippen molar-refractivity contribution in [3.63, 3.8) is 0 Å². The van der Waals surface area contributed by atoms with E-state index in [1.807, 2.05) is 78.3 Å². The lowest BCUT2D eigenvalue weighted by Gasteiger charge is -2.18. The van der Waals surface area contributed by atoms with Crippen LogP contribution in [0.15, 0.2) is 89.9 Å². The summed E-state index contributed by atoms with van der Waals surface area (Å²) >= 11 is 1.55. The van der Waals surface area contributed by atoms with Gasteiger partial charge in [-0.15, -0.1) is 23.7 Å². The minimum absolute atomic E-state index is 0. The summed E-state index contributed by atoms with van der Waals surface area (Å²) in [6.45, 7) is 3.53. The van der Waals surface area contributed by atoms with Crippen molar-refractivity contribution in [3.05, 3.63) is 118 Å². The number of carbonyl (C=O) groups is 1. The molecule has 7 nitrogen and oxygen atoms in total. The van der Waals surface area contributed by atoms with Gasteiger partial charge in [-0.2, -0.15) is 0 Å². The van der Waals surface area contributed by atoms with Gasteiger partial charge in [0, 0.05) is 29.7 Å². The first-order chi connectivity index (χ1) is 20.4. The van der Waals surface area contributed by atoms with Crippen molar-refractivity contribution in [3.8, 4) is 21.9 Å². The summed E-state index contributed by atoms with van der Waals surface area (Å²) in [7, 11) is 5.31. The van der Waals surface area contributed by atoms with Gasteiger partial charge < -0.3 is 18.8 Å². The second-order valence-electron chi connectivity index (χ2n) is 10.0. The SMILES string of the molecule is CCOC(=O)c1cn(Cc2ccccc2OC)c2sc(-c3ccc(OC)cc3)c(CN(C)Cc3ccccc3)c2c1=O.Cl. The average Bonchev–Trinajstić information content (AvgIpc) is 3.39. The molecule has 0 N–H and O–H groups in total. The Kier molecular flexibility index (Phi) is 10.6. The maximum absolute atomic E-state index is 14.1. The Morgan fingerprint density at radius 1 is 0.907 bits per heavy atom. The first-order valence-corrected chi connectivity index (χ1v) is 14.6. The highest BCUT2D eigenvalue weighted by molar-refractivity contribution is 7.22. The lowest BCUT2D eigenvalue weighted by Crippen LogP contribution is -2.23. The van der Waals surface area contributed by atoms with Crippen molar-refractivity contribution >= 4 is 39.9 Å². The fourth-order valence-corrected chi connectivity index (χ4v) is 6.42. The molecule has 0 radical (unpaired) electrons. The zero-order valence-electron chi connectivity index (χ0n) is 24.7. The number of methoxy groups -OCH3 is 2. The second-order valence-corrected chi connectivity index (χ2v) is 11.0. The van der Waals surface area contributed by atoms with Crippen LogP contribution >= 0.6 is 23.7 Å². The minimum Gasteiger partial charge on any atom is -0.497 e. The standard InChI is InChI=1S/C34H34N2O5S.ClH/c1-5-41-34(38)28-22-36(20-25-13-9-10-14-29(25)40-4)33-30(31(28)37)27(21-35(2)19-23-11-7-6-8-12-23)32(42-33)24-15-17-26(39-3)18-16-24;/h6-18,22H,5,19-21H2,1-4H3;1H. The third kappa shape index (κ3) is 6.94. The zero-order chi connectivity index (χ0) is 29.6. The molecule has 0 amide bonds. The van der Waals surface area contributed by atoms with E-state index in [0.717, 1.165) is 37.9 Å². The van der Waals surface area contributed by atoms with Gasteiger partial charge in [-0.3, -0.25) is 9.69 Å². The Morgan fingerprint density at radius 2 is 1.60 bits per heavy atom. The number of halogens is 1. The van der Waals surface area contributed by atoms with Gasteiger partial charge in [0.1, 0.15) is 21.9 Å². The van der Waals surface area contributed by atoms with Crippen LogP contribution in [0.2, 0.25) is 0 Å². The van der Waals surface area contributed by atoms with Gasteiger partial charge in [0.25, 0.3) is 0 Å². The summed E-state index contributed by atoms with van der Waals surface area (Å²) in [6, 6.07) is 25.8. The van der Waals surface area contributed by atoms with Crippen molar-refractivity contribution in [2.45, 2.75) is 26.6 Å². The summed E-state index contributed by atoms with van der Waals surface area (Å²) in [4.78, 5) is 31.1. The van der Waals surface area contributed by atoms with Crippen LogP contribution in [0.3, 0.4) is 0 Å². The first kappa shape index (κ1) is 31.8. The van der Waals surface area contributed by atoms with Crippen molar-refractivity contribution in [2.75, 3.05) is 27.9 Å². The molecule has 0 saturated heterocycles. The second kappa shape index (κ2) is 14.4. The lowest BCUT2D eigenvalue weighted by atomic mass is 10.0. The van der Waals surface area contributed by atoms with Crippen LogP contribution in [0.4, 0.5) is 0 Å². The number of thiophene rings is 1. The fraction of sp³-hybridized carbons (Fsp3) is 0.235. The average molecular weight is 619 g/mol. The minimum atomic E-state index is -0.626. The van der Waals surface area contributed by atoms with Gasteiger partial charge in [-0.1, -0.05) is 48.5 Å². The number of esters is 1. The van der Waals surface area contributed by atoms with Crippen LogP contribution in [0, 0.1) is 0 Å². The van der Waals surface area contributed by atoms with Gasteiger partial charge in [0.2, 0.25) is 5.43 Å². The molecule has 0 atom stereocenters. The van der Waals surface area contributed by atoms with E-state index in [2.05, 4.69) is 17.0 Å². The molecule has 0 spiro atoms. The van der Waals surface area contributed by atoms with Gasteiger partial charge >= 0.3 is 5.97 Å². The van der Waals surface area contributed by atoms with Crippen LogP contribution < -0.4 is 14.9 Å². The monoisotopic (exact) mass is 618 g/mol. The molecule has 2 aromatic heterocycles. The lowest BCUT2D eigenvalue weighted by molar-refractivity contribution is 0.0524. The van der Waals surface area contributed by atoms with Gasteiger partial charge in [0.05, 0.1) is 32.8 Å². The number of nitrogens with zero attached hydrogens (tertiary/aromatic N) is 2. The van der Waals surface area contributed by atoms with Gasteiger partial charge in [-0.25, -0.2) is 4.79 Å². The molecule has 5 aromatic rings. The molecule has 0 bridgehead atoms. The van der Waals surface area contributed by atoms with Crippen LogP contribution in [-0.4, -0.2) is 43.3 Å². The summed E-state index contributed by atoms with van der Waals surface area (Å²) in [5.41, 5.74) is 3.65. The molecule has 5 rings (SSSR count). The predicted molar refractivity (Wildman–Crippen MR) is 175 cm³/mol. The molecule has 2 heterocycles. The number of benzene rings is 3. The number of carbonyl (C=O) groups excluding carboxylic acids is 1. The number of hydrogen-bond acceptors (Lipinski definition) is 7. The van der Waals surface area contributed by atoms with Crippen LogP contribution in [0.1, 0.15) is 34.0 Å². The van der Waals surface area contributed by atoms with E-state index in [1.165, 1.54) is 5.56 Å². The molecule has 224 valence electrons. The number of rotatable bonds is 11. The van der Waals surface area contributed by atoms with Crippen LogP contribution in [-0.2, 0) is 24.4 Å². The molecule has 0 saturated carbocycles. The van der Waals surface area contributed by atoms with Crippen LogP contribution in [0.25, 0.3) is 20.7 Å². The molecule has 9 heteroatoms. The summed E-state index contributed by atoms with van der Waals surface area (Å²) in [5.74, 6) is 0.860. The van der Waals surface area contributed by atoms with Crippen molar-refractivity contribution < 1.29 is 19.0 Å². The molecular weight excluding hydrogens is 584 g/mol. The number of aromatic nitrogens is 1. The Bertz CT molecular complexity index is 1750. The predicted octanol–water partition coefficient (Wildman–Crippen LogP) is 7.03. The largest absolute Gasteiger partial charge is 0.497 e. The number of ether oxygens (including phenoxy) is 3. The third-order valence-corrected chi connectivity index (χ3v) is 8.43. The van der Waals surface area contributed by atoms with Crippen molar-refractivity contribution in [2.24, 2.45) is 0 Å². The van der Waals surface area contributed by atoms with E-state index >= 15 is 0 Å². The fourth-order valence-electron chi connectivity index (χ4n) is 5.13. The summed E-state index contributed by atoms with van der Waals surface area (Å²) in [5, 5.41) is 0.534. The molecule has 0 fully saturated rings. The third-order valence-electron chi connectivity index (χ3n) is 7.11. The number of fused-ring (bicyclic) bond motifs is 1. The first-order valence-electron chi connectivity index (χ1n) is 13.8. The molecule has 3 aromatic carbocycles. The Hall–Kier alpha value is -4.11. The molecule has 0 aliphatic rings. The zero-order valence-corrected chi connectivity index (χ0v) is 26.3. The summed E-state index contributed by atoms with van der Waals surface area (Å²) < 4.78 is 18.3. The quantitative estimate of drug-likeness (QED) is 0.148. The highest BCUT2D eigenvalue weighted by Crippen LogP contribution is 2.39. The summed E-state index contributed by atoms with van der Waals surface area (Å²) in [6.07, 6.45) is 1.63. The van der Waals surface area contributed by atoms with Gasteiger partial charge in [-0.05, 0) is 61.0 Å². The number of hydrogen-bond donors (Lipinski definition) is 0. The normalized spacial score (nSPS) is 10.9. The van der Waals surface area contributed by atoms with E-state index in [9.17, 15) is 9.59 Å². The van der Waals surface area contributed by atoms with E-state index < -0.39 is 5.97 Å². The Labute approximate surface area is 261 Å².